The summed E-state index contributed by atoms with van der Waals surface area (Å²) in [6.45, 7) is 4.29. The average molecular weight is 674 g/mol. The van der Waals surface area contributed by atoms with Crippen molar-refractivity contribution in [2.75, 3.05) is 25.6 Å². The van der Waals surface area contributed by atoms with Crippen molar-refractivity contribution in [1.82, 2.24) is 4.57 Å². The second-order valence-electron chi connectivity index (χ2n) is 11.7. The Morgan fingerprint density at radius 2 is 1.50 bits per heavy atom. The number of fused-ring (bicyclic) bond motifs is 3. The van der Waals surface area contributed by atoms with Gasteiger partial charge in [-0.3, -0.25) is 19.2 Å². The van der Waals surface area contributed by atoms with Gasteiger partial charge in [0.25, 0.3) is 0 Å². The number of ether oxygens (including phenoxy) is 5. The number of hydrogen-bond donors (Lipinski definition) is 0. The lowest BCUT2D eigenvalue weighted by atomic mass is 9.92. The number of nitriles is 1. The van der Waals surface area contributed by atoms with E-state index in [9.17, 15) is 24.4 Å². The Balaban J connectivity index is 1.81. The van der Waals surface area contributed by atoms with Crippen LogP contribution in [0.2, 0.25) is 0 Å². The predicted octanol–water partition coefficient (Wildman–Crippen LogP) is 4.65. The predicted molar refractivity (Wildman–Crippen MR) is 175 cm³/mol. The van der Waals surface area contributed by atoms with Crippen molar-refractivity contribution >= 4 is 41.8 Å². The topological polar surface area (TPSA) is 146 Å². The summed E-state index contributed by atoms with van der Waals surface area (Å²) in [7, 11) is 3.87. The Hall–Kier alpha value is -5.06. The molecule has 0 saturated carbocycles. The van der Waals surface area contributed by atoms with E-state index in [4.69, 9.17) is 35.9 Å². The highest BCUT2D eigenvalue weighted by atomic mass is 32.1. The molecule has 250 valence electrons. The SMILES string of the molecule is CC(=O)OC[C@H]1O[C@@H](n2c3c(c(-c4ccc(N(C)C)cc4)c(C#N)c2=S)Cc2ccccc2-3)[C@H](OC(C)=O)[C@H](OC(C)=O)[C@@H]1OC(C)=O. The number of carbonyl (C=O) groups excluding carboxylic acids is 4. The number of esters is 4. The Morgan fingerprint density at radius 1 is 0.896 bits per heavy atom. The summed E-state index contributed by atoms with van der Waals surface area (Å²) in [5.74, 6) is -2.87. The molecule has 1 fully saturated rings. The highest BCUT2D eigenvalue weighted by Gasteiger charge is 2.54. The number of hydrogen-bond acceptors (Lipinski definition) is 12. The lowest BCUT2D eigenvalue weighted by Gasteiger charge is -2.45. The third-order valence-electron chi connectivity index (χ3n) is 8.16. The number of rotatable bonds is 8. The van der Waals surface area contributed by atoms with Gasteiger partial charge in [0.2, 0.25) is 0 Å². The normalized spacial score (nSPS) is 20.8. The summed E-state index contributed by atoms with van der Waals surface area (Å²) >= 11 is 6.07. The minimum atomic E-state index is -1.41. The fourth-order valence-electron chi connectivity index (χ4n) is 6.31. The molecule has 0 unspecified atom stereocenters. The molecule has 1 saturated heterocycles. The molecule has 1 aromatic heterocycles. The zero-order valence-corrected chi connectivity index (χ0v) is 28.2. The minimum absolute atomic E-state index is 0.0699. The van der Waals surface area contributed by atoms with Gasteiger partial charge in [-0.1, -0.05) is 48.6 Å². The first-order valence-electron chi connectivity index (χ1n) is 15.2. The van der Waals surface area contributed by atoms with E-state index >= 15 is 0 Å². The lowest BCUT2D eigenvalue weighted by Crippen LogP contribution is -2.60. The number of nitrogens with zero attached hydrogens (tertiary/aromatic N) is 3. The molecule has 3 aromatic rings. The Morgan fingerprint density at radius 3 is 2.08 bits per heavy atom. The van der Waals surface area contributed by atoms with Gasteiger partial charge >= 0.3 is 23.9 Å². The molecule has 2 heterocycles. The van der Waals surface area contributed by atoms with Crippen molar-refractivity contribution < 1.29 is 42.9 Å². The van der Waals surface area contributed by atoms with Gasteiger partial charge in [0.1, 0.15) is 23.4 Å². The molecule has 0 radical (unpaired) electrons. The van der Waals surface area contributed by atoms with Crippen LogP contribution in [0.4, 0.5) is 5.69 Å². The third kappa shape index (κ3) is 6.67. The molecule has 2 aromatic carbocycles. The zero-order chi connectivity index (χ0) is 34.9. The van der Waals surface area contributed by atoms with E-state index in [0.29, 0.717) is 17.7 Å². The van der Waals surface area contributed by atoms with Crippen LogP contribution in [-0.4, -0.2) is 73.6 Å². The standard InChI is InChI=1S/C35H35N3O9S/c1-18(39)43-17-28-31(44-19(2)40)32(45-20(3)41)33(46-21(4)42)34(47-28)38-30-25-10-8-7-9-23(25)15-26(30)29(27(16-36)35(38)48)22-11-13-24(14-12-22)37(5)6/h7-14,28,31-34H,15,17H2,1-6H3/t28-,31-,32-,33-,34-/m1/s1. The number of pyridine rings is 1. The maximum atomic E-state index is 12.6. The number of aromatic nitrogens is 1. The summed E-state index contributed by atoms with van der Waals surface area (Å²) in [5.41, 5.74) is 5.75. The Labute approximate surface area is 282 Å². The average Bonchev–Trinajstić information content (AvgIpc) is 3.40. The molecule has 12 nitrogen and oxygen atoms in total. The van der Waals surface area contributed by atoms with Gasteiger partial charge in [-0.15, -0.1) is 0 Å². The van der Waals surface area contributed by atoms with Crippen LogP contribution in [0, 0.1) is 16.0 Å². The van der Waals surface area contributed by atoms with Crippen molar-refractivity contribution in [1.29, 1.82) is 5.26 Å². The number of carbonyl (C=O) groups is 4. The quantitative estimate of drug-likeness (QED) is 0.146. The van der Waals surface area contributed by atoms with Crippen LogP contribution < -0.4 is 4.90 Å². The molecule has 1 aliphatic carbocycles. The van der Waals surface area contributed by atoms with E-state index in [1.807, 2.05) is 67.5 Å². The van der Waals surface area contributed by atoms with Gasteiger partial charge < -0.3 is 33.2 Å². The van der Waals surface area contributed by atoms with Crippen LogP contribution in [0.15, 0.2) is 48.5 Å². The lowest BCUT2D eigenvalue weighted by molar-refractivity contribution is -0.268. The van der Waals surface area contributed by atoms with Crippen molar-refractivity contribution in [3.05, 3.63) is 69.9 Å². The summed E-state index contributed by atoms with van der Waals surface area (Å²) in [4.78, 5) is 51.2. The van der Waals surface area contributed by atoms with E-state index in [1.54, 1.807) is 4.57 Å². The largest absolute Gasteiger partial charge is 0.463 e. The number of anilines is 1. The zero-order valence-electron chi connectivity index (χ0n) is 27.3. The molecule has 5 rings (SSSR count). The maximum absolute atomic E-state index is 12.6. The summed E-state index contributed by atoms with van der Waals surface area (Å²) in [6.07, 6.45) is -6.23. The second kappa shape index (κ2) is 14.0. The maximum Gasteiger partial charge on any atom is 0.303 e. The Kier molecular flexibility index (Phi) is 9.98. The molecule has 48 heavy (non-hydrogen) atoms. The molecule has 0 bridgehead atoms. The molecule has 2 aliphatic rings. The van der Waals surface area contributed by atoms with E-state index in [0.717, 1.165) is 41.8 Å². The Bertz CT molecular complexity index is 1880. The van der Waals surface area contributed by atoms with Gasteiger partial charge in [0, 0.05) is 65.0 Å². The van der Waals surface area contributed by atoms with Gasteiger partial charge in [-0.05, 0) is 28.8 Å². The molecule has 13 heteroatoms. The van der Waals surface area contributed by atoms with Gasteiger partial charge in [-0.25, -0.2) is 0 Å². The molecular weight excluding hydrogens is 638 g/mol. The van der Waals surface area contributed by atoms with Crippen LogP contribution in [0.25, 0.3) is 22.4 Å². The highest BCUT2D eigenvalue weighted by Crippen LogP contribution is 2.47. The molecular formula is C35H35N3O9S. The molecule has 5 atom stereocenters. The monoisotopic (exact) mass is 673 g/mol. The van der Waals surface area contributed by atoms with Gasteiger partial charge in [-0.2, -0.15) is 5.26 Å². The van der Waals surface area contributed by atoms with E-state index in [1.165, 1.54) is 13.8 Å². The van der Waals surface area contributed by atoms with Crippen LogP contribution in [0.5, 0.6) is 0 Å². The van der Waals surface area contributed by atoms with Crippen molar-refractivity contribution in [3.8, 4) is 28.5 Å². The van der Waals surface area contributed by atoms with Crippen molar-refractivity contribution in [3.63, 3.8) is 0 Å². The first kappa shape index (κ1) is 34.3. The van der Waals surface area contributed by atoms with Crippen LogP contribution in [0.1, 0.15) is 50.6 Å². The van der Waals surface area contributed by atoms with E-state index in [2.05, 4.69) is 6.07 Å². The highest BCUT2D eigenvalue weighted by molar-refractivity contribution is 7.71. The first-order valence-corrected chi connectivity index (χ1v) is 15.6. The third-order valence-corrected chi connectivity index (χ3v) is 8.56. The van der Waals surface area contributed by atoms with E-state index < -0.39 is 61.1 Å². The first-order chi connectivity index (χ1) is 22.8. The van der Waals surface area contributed by atoms with Gasteiger partial charge in [0.05, 0.1) is 11.3 Å². The smallest absolute Gasteiger partial charge is 0.303 e. The minimum Gasteiger partial charge on any atom is -0.463 e. The molecule has 0 spiro atoms. The fraction of sp³-hybridized carbons (Fsp3) is 0.371. The van der Waals surface area contributed by atoms with Gasteiger partial charge in [0.15, 0.2) is 24.5 Å². The summed E-state index contributed by atoms with van der Waals surface area (Å²) in [6, 6.07) is 17.7. The van der Waals surface area contributed by atoms with E-state index in [-0.39, 0.29) is 10.2 Å². The summed E-state index contributed by atoms with van der Waals surface area (Å²) in [5, 5.41) is 10.6. The molecule has 0 amide bonds. The second-order valence-corrected chi connectivity index (χ2v) is 12.1. The fourth-order valence-corrected chi connectivity index (χ4v) is 6.65. The van der Waals surface area contributed by atoms with Crippen molar-refractivity contribution in [2.45, 2.75) is 64.8 Å². The molecule has 1 aliphatic heterocycles. The molecule has 0 N–H and O–H groups in total. The van der Waals surface area contributed by atoms with Crippen LogP contribution >= 0.6 is 12.2 Å². The number of benzene rings is 2. The van der Waals surface area contributed by atoms with Crippen molar-refractivity contribution in [2.24, 2.45) is 0 Å². The van der Waals surface area contributed by atoms with Crippen LogP contribution in [0.3, 0.4) is 0 Å². The van der Waals surface area contributed by atoms with Crippen LogP contribution in [-0.2, 0) is 49.3 Å². The summed E-state index contributed by atoms with van der Waals surface area (Å²) < 4.78 is 30.5.